The van der Waals surface area contributed by atoms with Gasteiger partial charge in [0.05, 0.1) is 11.6 Å². The van der Waals surface area contributed by atoms with E-state index in [1.54, 1.807) is 0 Å². The van der Waals surface area contributed by atoms with Crippen molar-refractivity contribution in [2.24, 2.45) is 0 Å². The molecule has 0 aliphatic heterocycles. The number of rotatable bonds is 6. The summed E-state index contributed by atoms with van der Waals surface area (Å²) in [5.41, 5.74) is 3.13. The van der Waals surface area contributed by atoms with Gasteiger partial charge in [-0.1, -0.05) is 31.2 Å². The Hall–Kier alpha value is -1.76. The quantitative estimate of drug-likeness (QED) is 0.796. The topological polar surface area (TPSA) is 35.8 Å². The summed E-state index contributed by atoms with van der Waals surface area (Å²) in [6, 6.07) is 18.9. The van der Waals surface area contributed by atoms with Crippen LogP contribution in [0.2, 0.25) is 0 Å². The molecule has 2 aromatic rings. The summed E-state index contributed by atoms with van der Waals surface area (Å²) in [4.78, 5) is 1.31. The predicted molar refractivity (Wildman–Crippen MR) is 89.3 cm³/mol. The molecule has 0 aromatic heterocycles. The van der Waals surface area contributed by atoms with Gasteiger partial charge in [0.2, 0.25) is 0 Å². The first-order valence-corrected chi connectivity index (χ1v) is 8.16. The Morgan fingerprint density at radius 2 is 1.95 bits per heavy atom. The SMILES string of the molecule is CCSc1ccc(C(C)NCc2cccc(C#N)c2)cc1. The van der Waals surface area contributed by atoms with Gasteiger partial charge in [-0.2, -0.15) is 5.26 Å². The molecule has 21 heavy (non-hydrogen) atoms. The predicted octanol–water partition coefficient (Wildman–Crippen LogP) is 4.52. The van der Waals surface area contributed by atoms with Crippen LogP contribution < -0.4 is 5.32 Å². The van der Waals surface area contributed by atoms with E-state index in [9.17, 15) is 0 Å². The van der Waals surface area contributed by atoms with Gasteiger partial charge < -0.3 is 5.32 Å². The van der Waals surface area contributed by atoms with Crippen molar-refractivity contribution in [3.05, 3.63) is 65.2 Å². The van der Waals surface area contributed by atoms with Crippen LogP contribution in [0.5, 0.6) is 0 Å². The summed E-state index contributed by atoms with van der Waals surface area (Å²) >= 11 is 1.86. The van der Waals surface area contributed by atoms with Crippen LogP contribution in [0.25, 0.3) is 0 Å². The third-order valence-electron chi connectivity index (χ3n) is 3.36. The van der Waals surface area contributed by atoms with Gasteiger partial charge in [-0.3, -0.25) is 0 Å². The maximum Gasteiger partial charge on any atom is 0.0991 e. The van der Waals surface area contributed by atoms with E-state index in [-0.39, 0.29) is 6.04 Å². The Balaban J connectivity index is 1.94. The van der Waals surface area contributed by atoms with E-state index in [2.05, 4.69) is 49.5 Å². The monoisotopic (exact) mass is 296 g/mol. The fraction of sp³-hybridized carbons (Fsp3) is 0.278. The van der Waals surface area contributed by atoms with E-state index >= 15 is 0 Å². The summed E-state index contributed by atoms with van der Waals surface area (Å²) < 4.78 is 0. The van der Waals surface area contributed by atoms with Gasteiger partial charge >= 0.3 is 0 Å². The molecule has 0 radical (unpaired) electrons. The molecular formula is C18H20N2S. The number of hydrogen-bond acceptors (Lipinski definition) is 3. The highest BCUT2D eigenvalue weighted by Crippen LogP contribution is 2.21. The molecular weight excluding hydrogens is 276 g/mol. The third-order valence-corrected chi connectivity index (χ3v) is 4.25. The van der Waals surface area contributed by atoms with Crippen LogP contribution in [0.15, 0.2) is 53.4 Å². The zero-order valence-electron chi connectivity index (χ0n) is 12.5. The lowest BCUT2D eigenvalue weighted by molar-refractivity contribution is 0.574. The molecule has 1 atom stereocenters. The second-order valence-corrected chi connectivity index (χ2v) is 6.25. The van der Waals surface area contributed by atoms with Gasteiger partial charge in [-0.05, 0) is 48.1 Å². The summed E-state index contributed by atoms with van der Waals surface area (Å²) in [5, 5.41) is 12.4. The number of nitriles is 1. The standard InChI is InChI=1S/C18H20N2S/c1-3-21-18-9-7-17(8-10-18)14(2)20-13-16-6-4-5-15(11-16)12-19/h4-11,14,20H,3,13H2,1-2H3. The Bertz CT molecular complexity index is 614. The fourth-order valence-corrected chi connectivity index (χ4v) is 2.82. The first kappa shape index (κ1) is 15.6. The van der Waals surface area contributed by atoms with Crippen LogP contribution in [0.4, 0.5) is 0 Å². The van der Waals surface area contributed by atoms with Gasteiger partial charge in [0.25, 0.3) is 0 Å². The smallest absolute Gasteiger partial charge is 0.0991 e. The number of hydrogen-bond donors (Lipinski definition) is 1. The molecule has 0 saturated carbocycles. The number of benzene rings is 2. The van der Waals surface area contributed by atoms with Crippen molar-refractivity contribution in [3.8, 4) is 6.07 Å². The zero-order chi connectivity index (χ0) is 15.1. The minimum Gasteiger partial charge on any atom is -0.306 e. The summed E-state index contributed by atoms with van der Waals surface area (Å²) in [7, 11) is 0. The van der Waals surface area contributed by atoms with Crippen LogP contribution in [-0.4, -0.2) is 5.75 Å². The molecule has 0 bridgehead atoms. The Morgan fingerprint density at radius 1 is 1.19 bits per heavy atom. The molecule has 0 aliphatic carbocycles. The average molecular weight is 296 g/mol. The maximum absolute atomic E-state index is 8.91. The lowest BCUT2D eigenvalue weighted by Crippen LogP contribution is -2.18. The molecule has 108 valence electrons. The second-order valence-electron chi connectivity index (χ2n) is 4.92. The lowest BCUT2D eigenvalue weighted by atomic mass is 10.1. The normalized spacial score (nSPS) is 11.9. The first-order valence-electron chi connectivity index (χ1n) is 7.18. The number of nitrogens with zero attached hydrogens (tertiary/aromatic N) is 1. The molecule has 3 heteroatoms. The van der Waals surface area contributed by atoms with Crippen molar-refractivity contribution >= 4 is 11.8 Å². The van der Waals surface area contributed by atoms with Gasteiger partial charge in [-0.15, -0.1) is 11.8 Å². The number of nitrogens with one attached hydrogen (secondary N) is 1. The van der Waals surface area contributed by atoms with Crippen LogP contribution >= 0.6 is 11.8 Å². The van der Waals surface area contributed by atoms with Crippen LogP contribution in [0.1, 0.15) is 36.6 Å². The molecule has 2 nitrogen and oxygen atoms in total. The molecule has 0 aliphatic rings. The summed E-state index contributed by atoms with van der Waals surface area (Å²) in [5.74, 6) is 1.10. The van der Waals surface area contributed by atoms with E-state index in [0.29, 0.717) is 5.56 Å². The molecule has 0 saturated heterocycles. The summed E-state index contributed by atoms with van der Waals surface area (Å²) in [6.07, 6.45) is 0. The highest BCUT2D eigenvalue weighted by atomic mass is 32.2. The first-order chi connectivity index (χ1) is 10.2. The molecule has 0 spiro atoms. The van der Waals surface area contributed by atoms with E-state index in [1.807, 2.05) is 36.0 Å². The summed E-state index contributed by atoms with van der Waals surface area (Å²) in [6.45, 7) is 5.09. The van der Waals surface area contributed by atoms with Gasteiger partial charge in [-0.25, -0.2) is 0 Å². The van der Waals surface area contributed by atoms with E-state index in [0.717, 1.165) is 17.9 Å². The van der Waals surface area contributed by atoms with E-state index in [1.165, 1.54) is 10.5 Å². The molecule has 1 unspecified atom stereocenters. The van der Waals surface area contributed by atoms with E-state index in [4.69, 9.17) is 5.26 Å². The molecule has 0 amide bonds. The zero-order valence-corrected chi connectivity index (χ0v) is 13.3. The molecule has 0 heterocycles. The largest absolute Gasteiger partial charge is 0.306 e. The highest BCUT2D eigenvalue weighted by Gasteiger charge is 2.05. The molecule has 2 rings (SSSR count). The molecule has 1 N–H and O–H groups in total. The van der Waals surface area contributed by atoms with Crippen LogP contribution in [0, 0.1) is 11.3 Å². The Morgan fingerprint density at radius 3 is 2.62 bits per heavy atom. The third kappa shape index (κ3) is 4.63. The van der Waals surface area contributed by atoms with Crippen molar-refractivity contribution in [3.63, 3.8) is 0 Å². The lowest BCUT2D eigenvalue weighted by Gasteiger charge is -2.15. The van der Waals surface area contributed by atoms with E-state index < -0.39 is 0 Å². The second kappa shape index (κ2) is 7.87. The van der Waals surface area contributed by atoms with Gasteiger partial charge in [0.15, 0.2) is 0 Å². The minimum absolute atomic E-state index is 0.288. The van der Waals surface area contributed by atoms with Crippen LogP contribution in [0.3, 0.4) is 0 Å². The van der Waals surface area contributed by atoms with Crippen molar-refractivity contribution < 1.29 is 0 Å². The van der Waals surface area contributed by atoms with Crippen molar-refractivity contribution in [2.75, 3.05) is 5.75 Å². The van der Waals surface area contributed by atoms with Crippen LogP contribution in [-0.2, 0) is 6.54 Å². The van der Waals surface area contributed by atoms with Gasteiger partial charge in [0, 0.05) is 17.5 Å². The molecule has 0 fully saturated rings. The highest BCUT2D eigenvalue weighted by molar-refractivity contribution is 7.99. The minimum atomic E-state index is 0.288. The van der Waals surface area contributed by atoms with Crippen molar-refractivity contribution in [1.82, 2.24) is 5.32 Å². The van der Waals surface area contributed by atoms with Gasteiger partial charge in [0.1, 0.15) is 0 Å². The maximum atomic E-state index is 8.91. The average Bonchev–Trinajstić information content (AvgIpc) is 2.54. The Kier molecular flexibility index (Phi) is 5.86. The van der Waals surface area contributed by atoms with Crippen molar-refractivity contribution in [1.29, 1.82) is 5.26 Å². The molecule has 2 aromatic carbocycles. The Labute approximate surface area is 131 Å². The number of thioether (sulfide) groups is 1. The van der Waals surface area contributed by atoms with Crippen molar-refractivity contribution in [2.45, 2.75) is 31.3 Å². The fourth-order valence-electron chi connectivity index (χ4n) is 2.16.